The third kappa shape index (κ3) is 3.48. The Morgan fingerprint density at radius 2 is 2.44 bits per heavy atom. The largest absolute Gasteiger partial charge is 1.00 e. The molecule has 9 heavy (non-hydrogen) atoms. The van der Waals surface area contributed by atoms with E-state index in [1.807, 2.05) is 0 Å². The van der Waals surface area contributed by atoms with Crippen LogP contribution in [0, 0.1) is 0 Å². The minimum absolute atomic E-state index is 0. The maximum Gasteiger partial charge on any atom is 1.00 e. The molecule has 0 saturated carbocycles. The molecule has 0 unspecified atom stereocenters. The molecule has 3 nitrogen and oxygen atoms in total. The average molecular weight is 218 g/mol. The molecule has 1 aliphatic heterocycles. The number of carboxylic acids is 1. The van der Waals surface area contributed by atoms with Gasteiger partial charge in [-0.25, -0.2) is 0 Å². The van der Waals surface area contributed by atoms with Crippen LogP contribution in [0.1, 0.15) is 0 Å². The summed E-state index contributed by atoms with van der Waals surface area (Å²) in [5.41, 5.74) is 0. The molecule has 1 saturated heterocycles. The summed E-state index contributed by atoms with van der Waals surface area (Å²) in [6.07, 6.45) is 0. The van der Waals surface area contributed by atoms with E-state index >= 15 is 0 Å². The number of thioether (sulfide) groups is 1. The molecule has 0 aromatic heterocycles. The Bertz CT molecular complexity index is 105. The summed E-state index contributed by atoms with van der Waals surface area (Å²) < 4.78 is 0. The van der Waals surface area contributed by atoms with Crippen LogP contribution in [0.5, 0.6) is 0 Å². The fraction of sp³-hybridized carbons (Fsp3) is 0.750. The summed E-state index contributed by atoms with van der Waals surface area (Å²) in [5.74, 6) is -0.133. The van der Waals surface area contributed by atoms with Gasteiger partial charge in [-0.05, 0) is 0 Å². The number of hydrogen-bond donors (Lipinski definition) is 1. The number of carbonyl (C=O) groups excluding carboxylic acids is 1. The van der Waals surface area contributed by atoms with Gasteiger partial charge in [-0.3, -0.25) is 5.32 Å². The molecule has 0 bridgehead atoms. The summed E-state index contributed by atoms with van der Waals surface area (Å²) in [6, 6.07) is 0. The van der Waals surface area contributed by atoms with E-state index in [-0.39, 0.29) is 58.2 Å². The first kappa shape index (κ1) is 10.6. The van der Waals surface area contributed by atoms with Crippen LogP contribution >= 0.6 is 11.8 Å². The molecule has 1 heterocycles. The van der Waals surface area contributed by atoms with Crippen LogP contribution in [0.15, 0.2) is 0 Å². The zero-order chi connectivity index (χ0) is 5.98. The second kappa shape index (κ2) is 5.26. The monoisotopic (exact) mass is 217 g/mol. The number of aliphatic carboxylic acids is 1. The van der Waals surface area contributed by atoms with E-state index in [0.717, 1.165) is 12.3 Å². The SMILES string of the molecule is O=C([O-])[C@H]1NCCS1.[Rb+]. The molecule has 0 radical (unpaired) electrons. The molecule has 1 rings (SSSR count). The summed E-state index contributed by atoms with van der Waals surface area (Å²) >= 11 is 1.38. The van der Waals surface area contributed by atoms with Crippen molar-refractivity contribution in [2.24, 2.45) is 0 Å². The molecule has 5 heteroatoms. The van der Waals surface area contributed by atoms with Crippen molar-refractivity contribution < 1.29 is 68.1 Å². The van der Waals surface area contributed by atoms with Crippen LogP contribution in [0.3, 0.4) is 0 Å². The number of rotatable bonds is 1. The molecule has 1 aliphatic rings. The number of nitrogens with one attached hydrogen (secondary N) is 1. The van der Waals surface area contributed by atoms with Crippen molar-refractivity contribution in [2.45, 2.75) is 5.37 Å². The molecule has 1 N–H and O–H groups in total. The topological polar surface area (TPSA) is 52.2 Å². The Labute approximate surface area is 107 Å². The second-order valence-electron chi connectivity index (χ2n) is 1.52. The van der Waals surface area contributed by atoms with Crippen molar-refractivity contribution in [2.75, 3.05) is 12.3 Å². The summed E-state index contributed by atoms with van der Waals surface area (Å²) in [7, 11) is 0. The predicted octanol–water partition coefficient (Wildman–Crippen LogP) is -4.60. The van der Waals surface area contributed by atoms with Crippen molar-refractivity contribution >= 4 is 17.7 Å². The minimum atomic E-state index is -1.01. The Hall–Kier alpha value is 1.59. The van der Waals surface area contributed by atoms with Crippen molar-refractivity contribution in [3.8, 4) is 0 Å². The first-order valence-electron chi connectivity index (χ1n) is 2.36. The van der Waals surface area contributed by atoms with Crippen LogP contribution in [0.25, 0.3) is 0 Å². The second-order valence-corrected chi connectivity index (χ2v) is 2.74. The standard InChI is InChI=1S/C4H7NO2S.Rb/c6-4(7)3-5-1-2-8-3;/h3,5H,1-2H2,(H,6,7);/q;+1/p-1/t3-;/m0./s1. The third-order valence-electron chi connectivity index (χ3n) is 0.930. The van der Waals surface area contributed by atoms with Crippen LogP contribution in [-0.2, 0) is 4.79 Å². The van der Waals surface area contributed by atoms with Crippen LogP contribution in [-0.4, -0.2) is 23.6 Å². The van der Waals surface area contributed by atoms with E-state index in [0.29, 0.717) is 0 Å². The van der Waals surface area contributed by atoms with E-state index in [9.17, 15) is 9.90 Å². The molecular formula is C4H6NO2RbS. The molecule has 0 aromatic carbocycles. The normalized spacial score (nSPS) is 25.1. The maximum absolute atomic E-state index is 10.0. The summed E-state index contributed by atoms with van der Waals surface area (Å²) in [6.45, 7) is 0.781. The van der Waals surface area contributed by atoms with Gasteiger partial charge in [-0.2, -0.15) is 0 Å². The Morgan fingerprint density at radius 3 is 2.67 bits per heavy atom. The first-order chi connectivity index (χ1) is 3.80. The molecule has 1 fully saturated rings. The van der Waals surface area contributed by atoms with Crippen molar-refractivity contribution in [3.05, 3.63) is 0 Å². The van der Waals surface area contributed by atoms with E-state index in [4.69, 9.17) is 0 Å². The van der Waals surface area contributed by atoms with Gasteiger partial charge in [0.25, 0.3) is 0 Å². The molecule has 0 amide bonds. The van der Waals surface area contributed by atoms with Gasteiger partial charge in [0.05, 0.1) is 11.3 Å². The third-order valence-corrected chi connectivity index (χ3v) is 2.06. The van der Waals surface area contributed by atoms with Crippen molar-refractivity contribution in [1.82, 2.24) is 5.32 Å². The number of carbonyl (C=O) groups is 1. The Balaban J connectivity index is 0.000000640. The smallest absolute Gasteiger partial charge is 0.547 e. The minimum Gasteiger partial charge on any atom is -0.547 e. The van der Waals surface area contributed by atoms with Crippen LogP contribution in [0.2, 0.25) is 0 Å². The summed E-state index contributed by atoms with van der Waals surface area (Å²) in [4.78, 5) is 10.0. The maximum atomic E-state index is 10.0. The zero-order valence-electron chi connectivity index (χ0n) is 5.22. The van der Waals surface area contributed by atoms with Gasteiger partial charge in [0, 0.05) is 12.3 Å². The first-order valence-corrected chi connectivity index (χ1v) is 3.41. The summed E-state index contributed by atoms with van der Waals surface area (Å²) in [5, 5.41) is 12.3. The fourth-order valence-electron chi connectivity index (χ4n) is 0.577. The number of carboxylic acid groups (broad SMARTS) is 1. The van der Waals surface area contributed by atoms with Gasteiger partial charge < -0.3 is 9.90 Å². The van der Waals surface area contributed by atoms with Crippen LogP contribution in [0.4, 0.5) is 0 Å². The average Bonchev–Trinajstić information content (AvgIpc) is 2.12. The van der Waals surface area contributed by atoms with E-state index < -0.39 is 11.3 Å². The van der Waals surface area contributed by atoms with Gasteiger partial charge >= 0.3 is 58.2 Å². The zero-order valence-corrected chi connectivity index (χ0v) is 10.9. The van der Waals surface area contributed by atoms with Gasteiger partial charge in [-0.1, -0.05) is 0 Å². The molecule has 0 spiro atoms. The molecule has 0 aromatic rings. The quantitative estimate of drug-likeness (QED) is 0.481. The van der Waals surface area contributed by atoms with Gasteiger partial charge in [0.1, 0.15) is 0 Å². The molecular weight excluding hydrogens is 212 g/mol. The van der Waals surface area contributed by atoms with E-state index in [1.54, 1.807) is 0 Å². The van der Waals surface area contributed by atoms with Crippen molar-refractivity contribution in [1.29, 1.82) is 0 Å². The molecule has 0 aliphatic carbocycles. The van der Waals surface area contributed by atoms with Gasteiger partial charge in [0.2, 0.25) is 0 Å². The van der Waals surface area contributed by atoms with Gasteiger partial charge in [-0.15, -0.1) is 11.8 Å². The molecule has 1 atom stereocenters. The fourth-order valence-corrected chi connectivity index (χ4v) is 1.42. The van der Waals surface area contributed by atoms with Crippen LogP contribution < -0.4 is 68.6 Å². The molecule has 46 valence electrons. The van der Waals surface area contributed by atoms with Crippen molar-refractivity contribution in [3.63, 3.8) is 0 Å². The Morgan fingerprint density at radius 1 is 1.78 bits per heavy atom. The Kier molecular flexibility index (Phi) is 6.19. The predicted molar refractivity (Wildman–Crippen MR) is 29.3 cm³/mol. The number of hydrogen-bond acceptors (Lipinski definition) is 4. The van der Waals surface area contributed by atoms with E-state index in [1.165, 1.54) is 11.8 Å². The van der Waals surface area contributed by atoms with Gasteiger partial charge in [0.15, 0.2) is 0 Å². The van der Waals surface area contributed by atoms with E-state index in [2.05, 4.69) is 5.32 Å².